The molecule has 0 spiro atoms. The van der Waals surface area contributed by atoms with Crippen molar-refractivity contribution in [1.82, 2.24) is 0 Å². The van der Waals surface area contributed by atoms with Gasteiger partial charge in [0.25, 0.3) is 0 Å². The van der Waals surface area contributed by atoms with Crippen molar-refractivity contribution in [3.63, 3.8) is 0 Å². The van der Waals surface area contributed by atoms with Crippen LogP contribution in [-0.2, 0) is 5.41 Å². The Kier molecular flexibility index (Phi) is 3.95. The predicted octanol–water partition coefficient (Wildman–Crippen LogP) is 5.99. The van der Waals surface area contributed by atoms with Gasteiger partial charge in [0.1, 0.15) is 0 Å². The molecule has 20 heavy (non-hydrogen) atoms. The van der Waals surface area contributed by atoms with E-state index in [4.69, 9.17) is 0 Å². The zero-order chi connectivity index (χ0) is 15.0. The van der Waals surface area contributed by atoms with Crippen molar-refractivity contribution >= 4 is 5.57 Å². The highest BCUT2D eigenvalue weighted by molar-refractivity contribution is 5.75. The maximum absolute atomic E-state index is 2.39. The number of rotatable bonds is 1. The molecule has 0 N–H and O–H groups in total. The van der Waals surface area contributed by atoms with E-state index in [1.54, 1.807) is 0 Å². The first-order chi connectivity index (χ1) is 9.18. The summed E-state index contributed by atoms with van der Waals surface area (Å²) in [6, 6.07) is 9.04. The van der Waals surface area contributed by atoms with Crippen LogP contribution in [0, 0.1) is 11.3 Å². The van der Waals surface area contributed by atoms with Gasteiger partial charge in [-0.25, -0.2) is 0 Å². The first-order valence-corrected chi connectivity index (χ1v) is 7.67. The van der Waals surface area contributed by atoms with E-state index in [9.17, 15) is 0 Å². The van der Waals surface area contributed by atoms with E-state index in [1.807, 2.05) is 0 Å². The molecule has 0 radical (unpaired) electrons. The highest BCUT2D eigenvalue weighted by Gasteiger charge is 2.23. The first kappa shape index (κ1) is 15.1. The second-order valence-corrected chi connectivity index (χ2v) is 8.05. The van der Waals surface area contributed by atoms with Crippen LogP contribution in [0.2, 0.25) is 0 Å². The van der Waals surface area contributed by atoms with E-state index in [-0.39, 0.29) is 5.41 Å². The van der Waals surface area contributed by atoms with Gasteiger partial charge in [-0.3, -0.25) is 0 Å². The Morgan fingerprint density at radius 2 is 1.50 bits per heavy atom. The van der Waals surface area contributed by atoms with Crippen LogP contribution >= 0.6 is 0 Å². The van der Waals surface area contributed by atoms with Gasteiger partial charge in [-0.2, -0.15) is 0 Å². The maximum Gasteiger partial charge on any atom is -0.0132 e. The molecular formula is C20H28. The molecule has 108 valence electrons. The summed E-state index contributed by atoms with van der Waals surface area (Å²) in [6.07, 6.45) is 8.22. The Hall–Kier alpha value is -1.30. The van der Waals surface area contributed by atoms with E-state index < -0.39 is 0 Å². The molecule has 0 nitrogen and oxygen atoms in total. The van der Waals surface area contributed by atoms with Crippen molar-refractivity contribution in [2.45, 2.75) is 53.4 Å². The lowest BCUT2D eigenvalue weighted by Gasteiger charge is -2.29. The van der Waals surface area contributed by atoms with Crippen molar-refractivity contribution in [3.8, 4) is 0 Å². The van der Waals surface area contributed by atoms with Gasteiger partial charge in [0.05, 0.1) is 0 Å². The summed E-state index contributed by atoms with van der Waals surface area (Å²) in [7, 11) is 0. The SMILES string of the molecule is CC(C)(C)c1ccc(C2=CCC(C(C)(C)C)C=C2)cc1. The lowest BCUT2D eigenvalue weighted by Crippen LogP contribution is -2.19. The summed E-state index contributed by atoms with van der Waals surface area (Å²) in [5.74, 6) is 0.653. The fraction of sp³-hybridized carbons (Fsp3) is 0.500. The van der Waals surface area contributed by atoms with Crippen molar-refractivity contribution in [2.24, 2.45) is 11.3 Å². The molecule has 2 rings (SSSR count). The molecule has 1 aromatic carbocycles. The molecule has 1 aromatic rings. The zero-order valence-corrected chi connectivity index (χ0v) is 13.8. The largest absolute Gasteiger partial charge is 0.0800 e. The second kappa shape index (κ2) is 5.24. The smallest absolute Gasteiger partial charge is 0.0132 e. The van der Waals surface area contributed by atoms with Gasteiger partial charge in [-0.1, -0.05) is 84.0 Å². The molecule has 1 atom stereocenters. The molecule has 1 aliphatic carbocycles. The topological polar surface area (TPSA) is 0 Å². The van der Waals surface area contributed by atoms with Crippen LogP contribution in [0.3, 0.4) is 0 Å². The first-order valence-electron chi connectivity index (χ1n) is 7.67. The third kappa shape index (κ3) is 3.42. The molecular weight excluding hydrogens is 240 g/mol. The summed E-state index contributed by atoms with van der Waals surface area (Å²) in [6.45, 7) is 13.7. The van der Waals surface area contributed by atoms with Gasteiger partial charge in [0.15, 0.2) is 0 Å². The summed E-state index contributed by atoms with van der Waals surface area (Å²) >= 11 is 0. The van der Waals surface area contributed by atoms with Gasteiger partial charge in [-0.05, 0) is 39.9 Å². The molecule has 0 heterocycles. The van der Waals surface area contributed by atoms with E-state index in [0.717, 1.165) is 6.42 Å². The van der Waals surface area contributed by atoms with Crippen LogP contribution < -0.4 is 0 Å². The monoisotopic (exact) mass is 268 g/mol. The molecule has 0 aromatic heterocycles. The Labute approximate surface area is 124 Å². The normalized spacial score (nSPS) is 19.9. The predicted molar refractivity (Wildman–Crippen MR) is 89.8 cm³/mol. The van der Waals surface area contributed by atoms with Gasteiger partial charge in [-0.15, -0.1) is 0 Å². The van der Waals surface area contributed by atoms with Crippen LogP contribution in [0.4, 0.5) is 0 Å². The fourth-order valence-corrected chi connectivity index (χ4v) is 2.64. The molecule has 1 aliphatic rings. The molecule has 0 bridgehead atoms. The minimum absolute atomic E-state index is 0.229. The molecule has 0 aliphatic heterocycles. The number of hydrogen-bond donors (Lipinski definition) is 0. The second-order valence-electron chi connectivity index (χ2n) is 8.05. The average Bonchev–Trinajstić information content (AvgIpc) is 2.37. The fourth-order valence-electron chi connectivity index (χ4n) is 2.64. The summed E-state index contributed by atoms with van der Waals surface area (Å²) in [4.78, 5) is 0. The van der Waals surface area contributed by atoms with E-state index in [0.29, 0.717) is 11.3 Å². The van der Waals surface area contributed by atoms with E-state index >= 15 is 0 Å². The van der Waals surface area contributed by atoms with Crippen molar-refractivity contribution in [3.05, 3.63) is 53.6 Å². The zero-order valence-electron chi connectivity index (χ0n) is 13.8. The standard InChI is InChI=1S/C20H28/c1-19(2,3)17-11-7-15(8-12-17)16-9-13-18(14-10-16)20(4,5)6/h7-13,18H,14H2,1-6H3. The van der Waals surface area contributed by atoms with Crippen LogP contribution in [0.15, 0.2) is 42.5 Å². The Balaban J connectivity index is 2.15. The van der Waals surface area contributed by atoms with Crippen LogP contribution in [0.5, 0.6) is 0 Å². The minimum Gasteiger partial charge on any atom is -0.0800 e. The average molecular weight is 268 g/mol. The van der Waals surface area contributed by atoms with Gasteiger partial charge in [0.2, 0.25) is 0 Å². The Morgan fingerprint density at radius 1 is 0.900 bits per heavy atom. The Morgan fingerprint density at radius 3 is 1.90 bits per heavy atom. The number of allylic oxidation sites excluding steroid dienone is 4. The van der Waals surface area contributed by atoms with E-state index in [1.165, 1.54) is 16.7 Å². The third-order valence-electron chi connectivity index (χ3n) is 4.30. The summed E-state index contributed by atoms with van der Waals surface area (Å²) in [5.41, 5.74) is 4.68. The van der Waals surface area contributed by atoms with Gasteiger partial charge in [0, 0.05) is 0 Å². The van der Waals surface area contributed by atoms with Gasteiger partial charge >= 0.3 is 0 Å². The quantitative estimate of drug-likeness (QED) is 0.587. The number of hydrogen-bond acceptors (Lipinski definition) is 0. The molecule has 0 fully saturated rings. The molecule has 0 amide bonds. The summed E-state index contributed by atoms with van der Waals surface area (Å²) in [5, 5.41) is 0. The highest BCUT2D eigenvalue weighted by atomic mass is 14.3. The highest BCUT2D eigenvalue weighted by Crippen LogP contribution is 2.35. The number of benzene rings is 1. The lowest BCUT2D eigenvalue weighted by atomic mass is 9.76. The van der Waals surface area contributed by atoms with Crippen molar-refractivity contribution in [2.75, 3.05) is 0 Å². The van der Waals surface area contributed by atoms with Crippen molar-refractivity contribution < 1.29 is 0 Å². The third-order valence-corrected chi connectivity index (χ3v) is 4.30. The van der Waals surface area contributed by atoms with Crippen LogP contribution in [0.1, 0.15) is 59.1 Å². The van der Waals surface area contributed by atoms with Crippen LogP contribution in [-0.4, -0.2) is 0 Å². The van der Waals surface area contributed by atoms with Crippen LogP contribution in [0.25, 0.3) is 5.57 Å². The molecule has 0 saturated carbocycles. The maximum atomic E-state index is 2.39. The molecule has 0 saturated heterocycles. The van der Waals surface area contributed by atoms with Crippen molar-refractivity contribution in [1.29, 1.82) is 0 Å². The van der Waals surface area contributed by atoms with Gasteiger partial charge < -0.3 is 0 Å². The minimum atomic E-state index is 0.229. The molecule has 1 unspecified atom stereocenters. The molecule has 0 heteroatoms. The summed E-state index contributed by atoms with van der Waals surface area (Å²) < 4.78 is 0. The Bertz CT molecular complexity index is 513. The van der Waals surface area contributed by atoms with E-state index in [2.05, 4.69) is 84.0 Å². The lowest BCUT2D eigenvalue weighted by molar-refractivity contribution is 0.294.